The van der Waals surface area contributed by atoms with Crippen LogP contribution in [-0.2, 0) is 0 Å². The molecule has 5 heteroatoms. The molecule has 0 spiro atoms. The molecule has 0 aromatic carbocycles. The normalized spacial score (nSPS) is 12.2. The van der Waals surface area contributed by atoms with Crippen molar-refractivity contribution in [2.45, 2.75) is 19.9 Å². The van der Waals surface area contributed by atoms with E-state index in [1.165, 1.54) is 12.3 Å². The topological polar surface area (TPSA) is 55.1 Å². The number of furan rings is 1. The smallest absolute Gasteiger partial charge is 0.253 e. The van der Waals surface area contributed by atoms with Crippen LogP contribution in [0.2, 0.25) is 0 Å². The van der Waals surface area contributed by atoms with Gasteiger partial charge in [-0.3, -0.25) is 4.79 Å². The second-order valence-electron chi connectivity index (χ2n) is 4.01. The van der Waals surface area contributed by atoms with Gasteiger partial charge in [-0.25, -0.2) is 4.98 Å². The molecule has 1 unspecified atom stereocenters. The summed E-state index contributed by atoms with van der Waals surface area (Å²) in [4.78, 5) is 15.3. The third-order valence-electron chi connectivity index (χ3n) is 2.53. The van der Waals surface area contributed by atoms with Gasteiger partial charge in [0.25, 0.3) is 5.91 Å². The Morgan fingerprint density at radius 2 is 2.17 bits per heavy atom. The maximum absolute atomic E-state index is 12.6. The van der Waals surface area contributed by atoms with E-state index in [1.807, 2.05) is 26.0 Å². The van der Waals surface area contributed by atoms with Crippen LogP contribution in [0.1, 0.15) is 34.8 Å². The zero-order chi connectivity index (χ0) is 13.1. The number of amides is 1. The summed E-state index contributed by atoms with van der Waals surface area (Å²) in [6, 6.07) is 5.92. The van der Waals surface area contributed by atoms with Crippen molar-refractivity contribution in [1.82, 2.24) is 10.3 Å². The van der Waals surface area contributed by atoms with Gasteiger partial charge in [-0.15, -0.1) is 0 Å². The molecule has 2 rings (SSSR count). The number of hydrogen-bond acceptors (Lipinski definition) is 3. The number of carbonyl (C=O) groups is 1. The number of nitrogens with zero attached hydrogens (tertiary/aromatic N) is 1. The van der Waals surface area contributed by atoms with E-state index >= 15 is 0 Å². The fourth-order valence-electron chi connectivity index (χ4n) is 1.55. The Morgan fingerprint density at radius 3 is 2.72 bits per heavy atom. The van der Waals surface area contributed by atoms with Gasteiger partial charge in [0.1, 0.15) is 11.5 Å². The van der Waals surface area contributed by atoms with Crippen LogP contribution in [0.3, 0.4) is 0 Å². The van der Waals surface area contributed by atoms with Crippen molar-refractivity contribution < 1.29 is 13.6 Å². The van der Waals surface area contributed by atoms with Crippen LogP contribution < -0.4 is 5.32 Å². The van der Waals surface area contributed by atoms with E-state index < -0.39 is 5.95 Å². The number of aryl methyl sites for hydroxylation is 1. The van der Waals surface area contributed by atoms with E-state index in [1.54, 1.807) is 0 Å². The second kappa shape index (κ2) is 5.00. The SMILES string of the molecule is Cc1ccc(C(C)NC(=O)c2ccc(F)nc2)o1. The maximum atomic E-state index is 12.6. The van der Waals surface area contributed by atoms with Gasteiger partial charge in [-0.2, -0.15) is 4.39 Å². The molecule has 0 aliphatic rings. The zero-order valence-electron chi connectivity index (χ0n) is 10.1. The molecule has 1 atom stereocenters. The molecule has 2 aromatic rings. The van der Waals surface area contributed by atoms with Crippen molar-refractivity contribution in [2.24, 2.45) is 0 Å². The number of hydrogen-bond donors (Lipinski definition) is 1. The van der Waals surface area contributed by atoms with Gasteiger partial charge >= 0.3 is 0 Å². The molecular formula is C13H13FN2O2. The lowest BCUT2D eigenvalue weighted by atomic mass is 10.2. The van der Waals surface area contributed by atoms with Crippen molar-refractivity contribution in [3.05, 3.63) is 53.5 Å². The van der Waals surface area contributed by atoms with Gasteiger partial charge in [0.05, 0.1) is 11.6 Å². The first-order valence-electron chi connectivity index (χ1n) is 5.55. The molecule has 2 aromatic heterocycles. The van der Waals surface area contributed by atoms with E-state index in [0.717, 1.165) is 11.8 Å². The molecule has 0 aliphatic heterocycles. The Bertz CT molecular complexity index is 548. The summed E-state index contributed by atoms with van der Waals surface area (Å²) in [5.41, 5.74) is 0.312. The average molecular weight is 248 g/mol. The molecule has 1 amide bonds. The predicted molar refractivity (Wildman–Crippen MR) is 63.5 cm³/mol. The third-order valence-corrected chi connectivity index (χ3v) is 2.53. The van der Waals surface area contributed by atoms with Gasteiger partial charge in [0.15, 0.2) is 0 Å². The second-order valence-corrected chi connectivity index (χ2v) is 4.01. The average Bonchev–Trinajstić information content (AvgIpc) is 2.76. The maximum Gasteiger partial charge on any atom is 0.253 e. The summed E-state index contributed by atoms with van der Waals surface area (Å²) in [5, 5.41) is 2.75. The fourth-order valence-corrected chi connectivity index (χ4v) is 1.55. The van der Waals surface area contributed by atoms with Crippen LogP contribution in [0, 0.1) is 12.9 Å². The molecular weight excluding hydrogens is 235 g/mol. The Kier molecular flexibility index (Phi) is 3.41. The monoisotopic (exact) mass is 248 g/mol. The fraction of sp³-hybridized carbons (Fsp3) is 0.231. The highest BCUT2D eigenvalue weighted by Gasteiger charge is 2.14. The van der Waals surface area contributed by atoms with Crippen LogP contribution in [0.4, 0.5) is 4.39 Å². The van der Waals surface area contributed by atoms with Gasteiger partial charge < -0.3 is 9.73 Å². The van der Waals surface area contributed by atoms with Crippen LogP contribution in [-0.4, -0.2) is 10.9 Å². The number of nitrogens with one attached hydrogen (secondary N) is 1. The highest BCUT2D eigenvalue weighted by molar-refractivity contribution is 5.94. The largest absolute Gasteiger partial charge is 0.464 e. The van der Waals surface area contributed by atoms with E-state index in [-0.39, 0.29) is 11.9 Å². The van der Waals surface area contributed by atoms with E-state index in [4.69, 9.17) is 4.42 Å². The summed E-state index contributed by atoms with van der Waals surface area (Å²) < 4.78 is 18.0. The van der Waals surface area contributed by atoms with Gasteiger partial charge in [-0.1, -0.05) is 0 Å². The molecule has 0 fully saturated rings. The molecule has 2 heterocycles. The van der Waals surface area contributed by atoms with Crippen molar-refractivity contribution in [3.8, 4) is 0 Å². The summed E-state index contributed by atoms with van der Waals surface area (Å²) in [6.45, 7) is 3.65. The van der Waals surface area contributed by atoms with Crippen LogP contribution in [0.5, 0.6) is 0 Å². The summed E-state index contributed by atoms with van der Waals surface area (Å²) in [7, 11) is 0. The number of aromatic nitrogens is 1. The Balaban J connectivity index is 2.05. The molecule has 0 radical (unpaired) electrons. The van der Waals surface area contributed by atoms with Gasteiger partial charge in [-0.05, 0) is 38.1 Å². The lowest BCUT2D eigenvalue weighted by molar-refractivity contribution is 0.0934. The standard InChI is InChI=1S/C13H13FN2O2/c1-8-3-5-11(18-8)9(2)16-13(17)10-4-6-12(14)15-7-10/h3-7,9H,1-2H3,(H,16,17). The van der Waals surface area contributed by atoms with Crippen molar-refractivity contribution in [3.63, 3.8) is 0 Å². The summed E-state index contributed by atoms with van der Waals surface area (Å²) >= 11 is 0. The van der Waals surface area contributed by atoms with Crippen LogP contribution >= 0.6 is 0 Å². The minimum Gasteiger partial charge on any atom is -0.464 e. The molecule has 0 aliphatic carbocycles. The Morgan fingerprint density at radius 1 is 1.39 bits per heavy atom. The third kappa shape index (κ3) is 2.74. The first kappa shape index (κ1) is 12.3. The number of pyridine rings is 1. The molecule has 0 saturated heterocycles. The summed E-state index contributed by atoms with van der Waals surface area (Å²) in [5.74, 6) is 0.538. The van der Waals surface area contributed by atoms with Gasteiger partial charge in [0.2, 0.25) is 5.95 Å². The molecule has 18 heavy (non-hydrogen) atoms. The van der Waals surface area contributed by atoms with Gasteiger partial charge in [0, 0.05) is 6.20 Å². The van der Waals surface area contributed by atoms with Crippen molar-refractivity contribution in [2.75, 3.05) is 0 Å². The first-order chi connectivity index (χ1) is 8.56. The lowest BCUT2D eigenvalue weighted by Gasteiger charge is -2.11. The van der Waals surface area contributed by atoms with Crippen molar-refractivity contribution in [1.29, 1.82) is 0 Å². The minimum atomic E-state index is -0.610. The highest BCUT2D eigenvalue weighted by atomic mass is 19.1. The number of rotatable bonds is 3. The quantitative estimate of drug-likeness (QED) is 0.849. The van der Waals surface area contributed by atoms with Crippen molar-refractivity contribution >= 4 is 5.91 Å². The highest BCUT2D eigenvalue weighted by Crippen LogP contribution is 2.16. The van der Waals surface area contributed by atoms with Crippen LogP contribution in [0.15, 0.2) is 34.9 Å². The predicted octanol–water partition coefficient (Wildman–Crippen LogP) is 2.61. The Labute approximate surface area is 104 Å². The van der Waals surface area contributed by atoms with E-state index in [0.29, 0.717) is 11.3 Å². The minimum absolute atomic E-state index is 0.253. The molecule has 0 saturated carbocycles. The zero-order valence-corrected chi connectivity index (χ0v) is 10.1. The molecule has 0 bridgehead atoms. The summed E-state index contributed by atoms with van der Waals surface area (Å²) in [6.07, 6.45) is 1.20. The molecule has 4 nitrogen and oxygen atoms in total. The molecule has 94 valence electrons. The van der Waals surface area contributed by atoms with E-state index in [9.17, 15) is 9.18 Å². The lowest BCUT2D eigenvalue weighted by Crippen LogP contribution is -2.26. The number of carbonyl (C=O) groups excluding carboxylic acids is 1. The molecule has 1 N–H and O–H groups in total. The Hall–Kier alpha value is -2.17. The van der Waals surface area contributed by atoms with E-state index in [2.05, 4.69) is 10.3 Å². The number of halogens is 1. The first-order valence-corrected chi connectivity index (χ1v) is 5.55. The van der Waals surface area contributed by atoms with Crippen LogP contribution in [0.25, 0.3) is 0 Å².